The fraction of sp³-hybridized carbons (Fsp3) is 0.100. The predicted molar refractivity (Wildman–Crippen MR) is 67.1 cm³/mol. The van der Waals surface area contributed by atoms with Gasteiger partial charge in [-0.1, -0.05) is 11.6 Å². The lowest BCUT2D eigenvalue weighted by atomic mass is 10.4. The van der Waals surface area contributed by atoms with Gasteiger partial charge in [0, 0.05) is 13.1 Å². The Kier molecular flexibility index (Phi) is 3.43. The number of aryl methyl sites for hydroxylation is 1. The van der Waals surface area contributed by atoms with Gasteiger partial charge in [0.25, 0.3) is 11.6 Å². The summed E-state index contributed by atoms with van der Waals surface area (Å²) >= 11 is 5.63. The highest BCUT2D eigenvalue weighted by molar-refractivity contribution is 6.29. The minimum atomic E-state index is -0.573. The summed E-state index contributed by atoms with van der Waals surface area (Å²) in [6.45, 7) is 0. The lowest BCUT2D eigenvalue weighted by molar-refractivity contribution is -0.384. The molecule has 0 fully saturated rings. The van der Waals surface area contributed by atoms with Gasteiger partial charge in [0.1, 0.15) is 10.8 Å². The molecule has 98 valence electrons. The molecule has 0 bridgehead atoms. The van der Waals surface area contributed by atoms with Crippen molar-refractivity contribution in [2.75, 3.05) is 5.32 Å². The molecule has 0 saturated carbocycles. The normalized spacial score (nSPS) is 10.2. The van der Waals surface area contributed by atoms with E-state index in [0.717, 1.165) is 0 Å². The highest BCUT2D eigenvalue weighted by atomic mass is 35.5. The molecule has 0 atom stereocenters. The van der Waals surface area contributed by atoms with Gasteiger partial charge in [0.15, 0.2) is 5.82 Å². The van der Waals surface area contributed by atoms with Crippen molar-refractivity contribution in [1.82, 2.24) is 14.5 Å². The van der Waals surface area contributed by atoms with Gasteiger partial charge in [0.2, 0.25) is 0 Å². The highest BCUT2D eigenvalue weighted by Gasteiger charge is 2.18. The number of anilines is 1. The SMILES string of the molecule is Cn1cc([N+](=O)[O-])cc1C(=O)Nc1cncc(Cl)n1. The molecule has 0 aliphatic rings. The molecule has 0 saturated heterocycles. The van der Waals surface area contributed by atoms with Crippen molar-refractivity contribution in [2.45, 2.75) is 0 Å². The molecule has 0 spiro atoms. The van der Waals surface area contributed by atoms with Crippen LogP contribution >= 0.6 is 11.6 Å². The molecule has 0 unspecified atom stereocenters. The van der Waals surface area contributed by atoms with E-state index >= 15 is 0 Å². The van der Waals surface area contributed by atoms with Gasteiger partial charge in [-0.2, -0.15) is 0 Å². The fourth-order valence-electron chi connectivity index (χ4n) is 1.46. The number of carbonyl (C=O) groups is 1. The summed E-state index contributed by atoms with van der Waals surface area (Å²) in [5.74, 6) is -0.367. The standard InChI is InChI=1S/C10H8ClN5O3/c1-15-5-6(16(18)19)2-7(15)10(17)14-9-4-12-3-8(11)13-9/h2-5H,1H3,(H,13,14,17). The van der Waals surface area contributed by atoms with Crippen LogP contribution in [0.3, 0.4) is 0 Å². The lowest BCUT2D eigenvalue weighted by Crippen LogP contribution is -2.16. The van der Waals surface area contributed by atoms with E-state index in [0.29, 0.717) is 0 Å². The molecular weight excluding hydrogens is 274 g/mol. The molecule has 0 aromatic carbocycles. The van der Waals surface area contributed by atoms with Crippen LogP contribution in [0.1, 0.15) is 10.5 Å². The summed E-state index contributed by atoms with van der Waals surface area (Å²) in [4.78, 5) is 29.6. The predicted octanol–water partition coefficient (Wildman–Crippen LogP) is 1.63. The molecule has 19 heavy (non-hydrogen) atoms. The number of hydrogen-bond acceptors (Lipinski definition) is 5. The first-order valence-electron chi connectivity index (χ1n) is 5.07. The molecule has 2 heterocycles. The van der Waals surface area contributed by atoms with Crippen LogP contribution in [-0.4, -0.2) is 25.4 Å². The number of hydrogen-bond donors (Lipinski definition) is 1. The van der Waals surface area contributed by atoms with Crippen molar-refractivity contribution < 1.29 is 9.72 Å². The van der Waals surface area contributed by atoms with Gasteiger partial charge in [-0.25, -0.2) is 4.98 Å². The van der Waals surface area contributed by atoms with Crippen molar-refractivity contribution in [3.63, 3.8) is 0 Å². The maximum Gasteiger partial charge on any atom is 0.287 e. The van der Waals surface area contributed by atoms with Crippen LogP contribution in [0.4, 0.5) is 11.5 Å². The Balaban J connectivity index is 2.23. The Morgan fingerprint density at radius 1 is 1.53 bits per heavy atom. The maximum atomic E-state index is 11.9. The molecule has 0 aliphatic heterocycles. The summed E-state index contributed by atoms with van der Waals surface area (Å²) in [6.07, 6.45) is 3.89. The number of aromatic nitrogens is 3. The van der Waals surface area contributed by atoms with E-state index in [1.807, 2.05) is 0 Å². The quantitative estimate of drug-likeness (QED) is 0.680. The van der Waals surface area contributed by atoms with Gasteiger partial charge >= 0.3 is 0 Å². The first-order valence-corrected chi connectivity index (χ1v) is 5.45. The van der Waals surface area contributed by atoms with Crippen LogP contribution in [0.5, 0.6) is 0 Å². The van der Waals surface area contributed by atoms with E-state index in [2.05, 4.69) is 15.3 Å². The molecule has 1 N–H and O–H groups in total. The lowest BCUT2D eigenvalue weighted by Gasteiger charge is -2.04. The second-order valence-corrected chi connectivity index (χ2v) is 4.02. The average Bonchev–Trinajstić information content (AvgIpc) is 2.71. The van der Waals surface area contributed by atoms with Gasteiger partial charge in [0.05, 0.1) is 23.5 Å². The Bertz CT molecular complexity index is 654. The topological polar surface area (TPSA) is 103 Å². The van der Waals surface area contributed by atoms with E-state index < -0.39 is 10.8 Å². The van der Waals surface area contributed by atoms with Crippen molar-refractivity contribution in [1.29, 1.82) is 0 Å². The van der Waals surface area contributed by atoms with Crippen molar-refractivity contribution >= 4 is 29.0 Å². The van der Waals surface area contributed by atoms with Crippen molar-refractivity contribution in [3.05, 3.63) is 45.6 Å². The number of nitrogens with one attached hydrogen (secondary N) is 1. The number of rotatable bonds is 3. The summed E-state index contributed by atoms with van der Waals surface area (Å²) in [5, 5.41) is 13.2. The molecule has 8 nitrogen and oxygen atoms in total. The van der Waals surface area contributed by atoms with Crippen molar-refractivity contribution in [2.24, 2.45) is 7.05 Å². The zero-order valence-electron chi connectivity index (χ0n) is 9.70. The van der Waals surface area contributed by atoms with E-state index in [1.165, 1.54) is 36.3 Å². The number of nitrogens with zero attached hydrogens (tertiary/aromatic N) is 4. The monoisotopic (exact) mass is 281 g/mol. The van der Waals surface area contributed by atoms with Gasteiger partial charge in [-0.3, -0.25) is 19.9 Å². The van der Waals surface area contributed by atoms with Gasteiger partial charge < -0.3 is 9.88 Å². The molecule has 0 radical (unpaired) electrons. The van der Waals surface area contributed by atoms with E-state index in [-0.39, 0.29) is 22.4 Å². The third kappa shape index (κ3) is 2.86. The van der Waals surface area contributed by atoms with Crippen LogP contribution in [0.2, 0.25) is 5.15 Å². The van der Waals surface area contributed by atoms with E-state index in [1.54, 1.807) is 0 Å². The van der Waals surface area contributed by atoms with Crippen LogP contribution in [-0.2, 0) is 7.05 Å². The summed E-state index contributed by atoms with van der Waals surface area (Å²) in [7, 11) is 1.53. The molecular formula is C10H8ClN5O3. The van der Waals surface area contributed by atoms with Gasteiger partial charge in [-0.05, 0) is 0 Å². The van der Waals surface area contributed by atoms with Crippen LogP contribution in [0, 0.1) is 10.1 Å². The molecule has 2 aromatic heterocycles. The third-order valence-electron chi connectivity index (χ3n) is 2.28. The summed E-state index contributed by atoms with van der Waals surface area (Å²) in [6, 6.07) is 1.17. The smallest absolute Gasteiger partial charge is 0.287 e. The Hall–Kier alpha value is -2.48. The number of nitro groups is 1. The van der Waals surface area contributed by atoms with Crippen molar-refractivity contribution in [3.8, 4) is 0 Å². The highest BCUT2D eigenvalue weighted by Crippen LogP contribution is 2.16. The second-order valence-electron chi connectivity index (χ2n) is 3.63. The molecule has 2 rings (SSSR count). The second kappa shape index (κ2) is 5.02. The van der Waals surface area contributed by atoms with Crippen LogP contribution in [0.15, 0.2) is 24.7 Å². The van der Waals surface area contributed by atoms with Crippen LogP contribution in [0.25, 0.3) is 0 Å². The Morgan fingerprint density at radius 3 is 2.84 bits per heavy atom. The largest absolute Gasteiger partial charge is 0.340 e. The minimum absolute atomic E-state index is 0.133. The first-order chi connectivity index (χ1) is 8.97. The number of halogens is 1. The summed E-state index contributed by atoms with van der Waals surface area (Å²) in [5.41, 5.74) is -0.0293. The zero-order chi connectivity index (χ0) is 14.0. The van der Waals surface area contributed by atoms with E-state index in [4.69, 9.17) is 11.6 Å². The van der Waals surface area contributed by atoms with E-state index in [9.17, 15) is 14.9 Å². The maximum absolute atomic E-state index is 11.9. The summed E-state index contributed by atoms with van der Waals surface area (Å²) < 4.78 is 1.35. The molecule has 2 aromatic rings. The number of carbonyl (C=O) groups excluding carboxylic acids is 1. The van der Waals surface area contributed by atoms with Gasteiger partial charge in [-0.15, -0.1) is 0 Å². The minimum Gasteiger partial charge on any atom is -0.340 e. The zero-order valence-corrected chi connectivity index (χ0v) is 10.5. The first kappa shape index (κ1) is 13.0. The molecule has 0 aliphatic carbocycles. The molecule has 1 amide bonds. The van der Waals surface area contributed by atoms with Crippen LogP contribution < -0.4 is 5.32 Å². The fourth-order valence-corrected chi connectivity index (χ4v) is 1.60. The number of amides is 1. The molecule has 9 heteroatoms. The Morgan fingerprint density at radius 2 is 2.26 bits per heavy atom. The Labute approximate surface area is 112 Å². The third-order valence-corrected chi connectivity index (χ3v) is 2.46. The average molecular weight is 282 g/mol.